The number of pyridine rings is 1. The Morgan fingerprint density at radius 3 is 2.64 bits per heavy atom. The van der Waals surface area contributed by atoms with Gasteiger partial charge in [0.25, 0.3) is 0 Å². The molecule has 2 aromatic carbocycles. The predicted molar refractivity (Wildman–Crippen MR) is 146 cm³/mol. The normalized spacial score (nSPS) is 11.2. The fourth-order valence-electron chi connectivity index (χ4n) is 3.94. The largest absolute Gasteiger partial charge is 0.453 e. The van der Waals surface area contributed by atoms with Crippen LogP contribution in [0.1, 0.15) is 26.3 Å². The number of rotatable bonds is 8. The molecule has 0 fully saturated rings. The summed E-state index contributed by atoms with van der Waals surface area (Å²) >= 11 is 1.44. The number of anilines is 1. The molecule has 0 atom stereocenters. The minimum Gasteiger partial charge on any atom is -0.453 e. The quantitative estimate of drug-likeness (QED) is 0.222. The molecule has 2 amide bonds. The van der Waals surface area contributed by atoms with Crippen LogP contribution in [-0.2, 0) is 9.59 Å². The van der Waals surface area contributed by atoms with Gasteiger partial charge in [-0.25, -0.2) is 13.8 Å². The highest BCUT2D eigenvalue weighted by Crippen LogP contribution is 2.40. The van der Waals surface area contributed by atoms with E-state index in [1.807, 2.05) is 16.8 Å². The molecule has 3 aromatic heterocycles. The molecule has 0 bridgehead atoms. The second kappa shape index (κ2) is 10.6. The van der Waals surface area contributed by atoms with Crippen LogP contribution in [-0.4, -0.2) is 26.3 Å². The number of nitrogens with one attached hydrogen (secondary N) is 1. The number of carbonyl (C=O) groups excluding carboxylic acids is 2. The SMILES string of the molecule is CC(C)n1cnc(-c2cc3nccc(Oc4ccc(-c5cccc(NC(=O)CC(N)=O)c5F)cc4F)c3s2)c1. The summed E-state index contributed by atoms with van der Waals surface area (Å²) in [5.41, 5.74) is 6.66. The van der Waals surface area contributed by atoms with Crippen LogP contribution >= 0.6 is 11.3 Å². The number of fused-ring (bicyclic) bond motifs is 1. The van der Waals surface area contributed by atoms with E-state index in [0.29, 0.717) is 11.3 Å². The monoisotopic (exact) mass is 547 g/mol. The van der Waals surface area contributed by atoms with Crippen molar-refractivity contribution in [2.75, 3.05) is 5.32 Å². The van der Waals surface area contributed by atoms with Crippen molar-refractivity contribution in [3.8, 4) is 33.2 Å². The van der Waals surface area contributed by atoms with Crippen molar-refractivity contribution in [2.45, 2.75) is 26.3 Å². The van der Waals surface area contributed by atoms with Gasteiger partial charge in [-0.05, 0) is 43.7 Å². The number of halogens is 2. The second-order valence-corrected chi connectivity index (χ2v) is 10.1. The molecule has 5 rings (SSSR count). The van der Waals surface area contributed by atoms with E-state index >= 15 is 8.78 Å². The van der Waals surface area contributed by atoms with Crippen LogP contribution in [0.2, 0.25) is 0 Å². The summed E-state index contributed by atoms with van der Waals surface area (Å²) in [6.45, 7) is 4.14. The predicted octanol–water partition coefficient (Wildman–Crippen LogP) is 6.29. The Kier molecular flexibility index (Phi) is 7.07. The van der Waals surface area contributed by atoms with Crippen molar-refractivity contribution < 1.29 is 23.1 Å². The molecule has 3 N–H and O–H groups in total. The van der Waals surface area contributed by atoms with Crippen molar-refractivity contribution >= 4 is 39.1 Å². The zero-order valence-electron chi connectivity index (χ0n) is 20.9. The minimum absolute atomic E-state index is 0.0448. The maximum Gasteiger partial charge on any atom is 0.233 e. The Hall–Kier alpha value is -4.64. The minimum atomic E-state index is -0.839. The average molecular weight is 548 g/mol. The number of nitrogens with zero attached hydrogens (tertiary/aromatic N) is 3. The highest BCUT2D eigenvalue weighted by atomic mass is 32.1. The second-order valence-electron chi connectivity index (χ2n) is 9.04. The molecule has 0 saturated carbocycles. The number of hydrogen-bond donors (Lipinski definition) is 2. The summed E-state index contributed by atoms with van der Waals surface area (Å²) < 4.78 is 38.9. The highest BCUT2D eigenvalue weighted by Gasteiger charge is 2.17. The molecule has 11 heteroatoms. The first-order valence-electron chi connectivity index (χ1n) is 12.0. The number of nitrogens with two attached hydrogens (primary N) is 1. The van der Waals surface area contributed by atoms with Gasteiger partial charge >= 0.3 is 0 Å². The van der Waals surface area contributed by atoms with E-state index in [4.69, 9.17) is 10.5 Å². The summed E-state index contributed by atoms with van der Waals surface area (Å²) in [4.78, 5) is 32.6. The third-order valence-corrected chi connectivity index (χ3v) is 7.06. The van der Waals surface area contributed by atoms with Crippen LogP contribution in [0.15, 0.2) is 67.3 Å². The fourth-order valence-corrected chi connectivity index (χ4v) is 4.97. The number of amides is 2. The topological polar surface area (TPSA) is 112 Å². The number of aromatic nitrogens is 3. The summed E-state index contributed by atoms with van der Waals surface area (Å²) in [6.07, 6.45) is 4.74. The van der Waals surface area contributed by atoms with Crippen LogP contribution in [0.4, 0.5) is 14.5 Å². The summed E-state index contributed by atoms with van der Waals surface area (Å²) in [5.74, 6) is -2.68. The third-order valence-electron chi connectivity index (χ3n) is 5.90. The number of benzene rings is 2. The number of ether oxygens (including phenoxy) is 1. The van der Waals surface area contributed by atoms with E-state index in [2.05, 4.69) is 29.1 Å². The molecular weight excluding hydrogens is 524 g/mol. The average Bonchev–Trinajstić information content (AvgIpc) is 3.54. The summed E-state index contributed by atoms with van der Waals surface area (Å²) in [6, 6.07) is 12.2. The Morgan fingerprint density at radius 1 is 1.10 bits per heavy atom. The zero-order chi connectivity index (χ0) is 27.7. The third kappa shape index (κ3) is 5.48. The maximum atomic E-state index is 15.2. The van der Waals surface area contributed by atoms with E-state index in [0.717, 1.165) is 21.3 Å². The van der Waals surface area contributed by atoms with Crippen LogP contribution in [0.3, 0.4) is 0 Å². The first kappa shape index (κ1) is 26.0. The standard InChI is InChI=1S/C28H23F2N5O3S/c1-15(2)35-13-21(33-14-35)24-11-20-28(39-24)23(8-9-32-20)38-22-7-6-16(10-18(22)29)17-4-3-5-19(27(17)30)34-26(37)12-25(31)36/h3-11,13-15H,12H2,1-2H3,(H2,31,36)(H,34,37). The molecule has 0 radical (unpaired) electrons. The van der Waals surface area contributed by atoms with Gasteiger partial charge in [0.2, 0.25) is 11.8 Å². The molecule has 39 heavy (non-hydrogen) atoms. The van der Waals surface area contributed by atoms with Gasteiger partial charge in [-0.1, -0.05) is 18.2 Å². The molecule has 0 aliphatic carbocycles. The van der Waals surface area contributed by atoms with Gasteiger partial charge in [0.1, 0.15) is 12.2 Å². The first-order valence-corrected chi connectivity index (χ1v) is 12.8. The number of hydrogen-bond acceptors (Lipinski definition) is 6. The van der Waals surface area contributed by atoms with E-state index in [1.165, 1.54) is 41.7 Å². The molecule has 3 heterocycles. The highest BCUT2D eigenvalue weighted by molar-refractivity contribution is 7.22. The van der Waals surface area contributed by atoms with Crippen LogP contribution < -0.4 is 15.8 Å². The van der Waals surface area contributed by atoms with Crippen molar-refractivity contribution in [1.29, 1.82) is 0 Å². The molecule has 0 aliphatic heterocycles. The lowest BCUT2D eigenvalue weighted by atomic mass is 10.0. The Balaban J connectivity index is 1.41. The Labute approximate surface area is 226 Å². The Bertz CT molecular complexity index is 1710. The van der Waals surface area contributed by atoms with E-state index in [-0.39, 0.29) is 28.6 Å². The summed E-state index contributed by atoms with van der Waals surface area (Å²) in [5, 5.41) is 2.30. The number of primary amides is 1. The maximum absolute atomic E-state index is 15.2. The van der Waals surface area contributed by atoms with Gasteiger partial charge < -0.3 is 20.4 Å². The molecule has 0 unspecified atom stereocenters. The van der Waals surface area contributed by atoms with Gasteiger partial charge in [-0.15, -0.1) is 11.3 Å². The number of imidazole rings is 1. The lowest BCUT2D eigenvalue weighted by Gasteiger charge is -2.12. The van der Waals surface area contributed by atoms with Gasteiger partial charge in [0.15, 0.2) is 17.4 Å². The molecule has 0 aliphatic rings. The van der Waals surface area contributed by atoms with Gasteiger partial charge in [-0.2, -0.15) is 0 Å². The van der Waals surface area contributed by atoms with Crippen LogP contribution in [0.5, 0.6) is 11.5 Å². The Morgan fingerprint density at radius 2 is 1.92 bits per heavy atom. The lowest BCUT2D eigenvalue weighted by Crippen LogP contribution is -2.22. The van der Waals surface area contributed by atoms with Crippen molar-refractivity contribution in [3.63, 3.8) is 0 Å². The van der Waals surface area contributed by atoms with Gasteiger partial charge in [0.05, 0.1) is 32.8 Å². The number of thiophene rings is 1. The van der Waals surface area contributed by atoms with Gasteiger partial charge in [-0.3, -0.25) is 14.6 Å². The van der Waals surface area contributed by atoms with Crippen molar-refractivity contribution in [1.82, 2.24) is 14.5 Å². The lowest BCUT2D eigenvalue weighted by molar-refractivity contribution is -0.124. The molecular formula is C28H23F2N5O3S. The molecule has 198 valence electrons. The van der Waals surface area contributed by atoms with Crippen molar-refractivity contribution in [3.05, 3.63) is 78.9 Å². The van der Waals surface area contributed by atoms with E-state index in [9.17, 15) is 9.59 Å². The smallest absolute Gasteiger partial charge is 0.233 e. The summed E-state index contributed by atoms with van der Waals surface area (Å²) in [7, 11) is 0. The first-order chi connectivity index (χ1) is 18.7. The van der Waals surface area contributed by atoms with Gasteiger partial charge in [0, 0.05) is 30.1 Å². The van der Waals surface area contributed by atoms with Crippen LogP contribution in [0.25, 0.3) is 31.9 Å². The van der Waals surface area contributed by atoms with E-state index < -0.39 is 29.9 Å². The fraction of sp³-hybridized carbons (Fsp3) is 0.143. The molecule has 0 saturated heterocycles. The van der Waals surface area contributed by atoms with Crippen molar-refractivity contribution in [2.24, 2.45) is 5.73 Å². The molecule has 5 aromatic rings. The van der Waals surface area contributed by atoms with E-state index in [1.54, 1.807) is 18.6 Å². The zero-order valence-corrected chi connectivity index (χ0v) is 21.8. The molecule has 0 spiro atoms. The molecule has 8 nitrogen and oxygen atoms in total. The number of carbonyl (C=O) groups is 2. The van der Waals surface area contributed by atoms with Crippen LogP contribution in [0, 0.1) is 11.6 Å².